The van der Waals surface area contributed by atoms with Crippen LogP contribution in [0.1, 0.15) is 10.4 Å². The van der Waals surface area contributed by atoms with Gasteiger partial charge in [0.25, 0.3) is 0 Å². The third-order valence-electron chi connectivity index (χ3n) is 2.62. The first-order chi connectivity index (χ1) is 10.0. The number of rotatable bonds is 4. The first kappa shape index (κ1) is 14.8. The number of benzene rings is 2. The van der Waals surface area contributed by atoms with Crippen molar-refractivity contribution in [1.82, 2.24) is 0 Å². The zero-order valence-electron chi connectivity index (χ0n) is 10.9. The van der Waals surface area contributed by atoms with Gasteiger partial charge in [-0.2, -0.15) is 0 Å². The van der Waals surface area contributed by atoms with E-state index in [-0.39, 0.29) is 22.7 Å². The molecule has 0 N–H and O–H groups in total. The van der Waals surface area contributed by atoms with Crippen LogP contribution in [0.2, 0.25) is 5.02 Å². The summed E-state index contributed by atoms with van der Waals surface area (Å²) in [5, 5.41) is 11.3. The maximum absolute atomic E-state index is 12.0. The molecule has 0 aromatic heterocycles. The normalized spacial score (nSPS) is 10.0. The maximum Gasteiger partial charge on any atom is 0.343 e. The van der Waals surface area contributed by atoms with E-state index >= 15 is 0 Å². The lowest BCUT2D eigenvalue weighted by atomic mass is 10.2. The Hall–Kier alpha value is -2.60. The molecule has 0 spiro atoms. The van der Waals surface area contributed by atoms with Crippen LogP contribution in [0.15, 0.2) is 42.5 Å². The number of methoxy groups -OCH3 is 1. The van der Waals surface area contributed by atoms with E-state index in [1.807, 2.05) is 0 Å². The molecular weight excluding hydrogens is 298 g/mol. The third kappa shape index (κ3) is 3.49. The van der Waals surface area contributed by atoms with E-state index in [0.29, 0.717) is 5.02 Å². The summed E-state index contributed by atoms with van der Waals surface area (Å²) in [5.74, 6) is -0.395. The summed E-state index contributed by atoms with van der Waals surface area (Å²) >= 11 is 5.78. The predicted octanol–water partition coefficient (Wildman–Crippen LogP) is 3.48. The van der Waals surface area contributed by atoms with Crippen molar-refractivity contribution in [3.63, 3.8) is 0 Å². The lowest BCUT2D eigenvalue weighted by Gasteiger charge is -2.06. The summed E-state index contributed by atoms with van der Waals surface area (Å²) in [6.07, 6.45) is 0. The molecule has 0 heterocycles. The second kappa shape index (κ2) is 6.23. The summed E-state index contributed by atoms with van der Waals surface area (Å²) in [6.45, 7) is 0. The Balaban J connectivity index is 2.27. The van der Waals surface area contributed by atoms with Gasteiger partial charge in [-0.25, -0.2) is 4.79 Å². The van der Waals surface area contributed by atoms with Gasteiger partial charge in [-0.05, 0) is 30.3 Å². The van der Waals surface area contributed by atoms with E-state index in [1.54, 1.807) is 18.2 Å². The van der Waals surface area contributed by atoms with E-state index < -0.39 is 10.9 Å². The molecule has 0 saturated carbocycles. The molecule has 7 heteroatoms. The highest BCUT2D eigenvalue weighted by molar-refractivity contribution is 6.30. The van der Waals surface area contributed by atoms with Crippen LogP contribution in [0.25, 0.3) is 0 Å². The Morgan fingerprint density at radius 2 is 2.00 bits per heavy atom. The van der Waals surface area contributed by atoms with E-state index in [4.69, 9.17) is 21.1 Å². The number of nitro benzene ring substituents is 1. The molecule has 2 rings (SSSR count). The van der Waals surface area contributed by atoms with Crippen LogP contribution in [-0.4, -0.2) is 18.0 Å². The van der Waals surface area contributed by atoms with Crippen LogP contribution in [0.3, 0.4) is 0 Å². The molecule has 0 saturated heterocycles. The van der Waals surface area contributed by atoms with Crippen LogP contribution < -0.4 is 9.47 Å². The van der Waals surface area contributed by atoms with Crippen molar-refractivity contribution in [2.24, 2.45) is 0 Å². The van der Waals surface area contributed by atoms with Gasteiger partial charge < -0.3 is 9.47 Å². The Morgan fingerprint density at radius 1 is 1.24 bits per heavy atom. The summed E-state index contributed by atoms with van der Waals surface area (Å²) < 4.78 is 9.97. The average Bonchev–Trinajstić information content (AvgIpc) is 2.46. The molecule has 0 radical (unpaired) electrons. The van der Waals surface area contributed by atoms with E-state index in [9.17, 15) is 14.9 Å². The minimum absolute atomic E-state index is 0.0440. The zero-order valence-corrected chi connectivity index (χ0v) is 11.7. The van der Waals surface area contributed by atoms with Crippen LogP contribution in [0.4, 0.5) is 5.69 Å². The Bertz CT molecular complexity index is 702. The first-order valence-electron chi connectivity index (χ1n) is 5.81. The van der Waals surface area contributed by atoms with Gasteiger partial charge in [0, 0.05) is 11.1 Å². The topological polar surface area (TPSA) is 78.7 Å². The molecule has 2 aromatic carbocycles. The summed E-state index contributed by atoms with van der Waals surface area (Å²) in [6, 6.07) is 10.1. The second-order valence-corrected chi connectivity index (χ2v) is 4.43. The number of halogens is 1. The van der Waals surface area contributed by atoms with E-state index in [1.165, 1.54) is 25.3 Å². The second-order valence-electron chi connectivity index (χ2n) is 3.99. The summed E-state index contributed by atoms with van der Waals surface area (Å²) in [4.78, 5) is 22.3. The quantitative estimate of drug-likeness (QED) is 0.374. The third-order valence-corrected chi connectivity index (χ3v) is 2.85. The molecular formula is C14H10ClNO5. The molecule has 2 aromatic rings. The molecule has 0 aliphatic carbocycles. The van der Waals surface area contributed by atoms with Crippen molar-refractivity contribution in [2.75, 3.05) is 7.11 Å². The van der Waals surface area contributed by atoms with Gasteiger partial charge in [0.2, 0.25) is 0 Å². The van der Waals surface area contributed by atoms with Gasteiger partial charge in [0.1, 0.15) is 5.75 Å². The number of carbonyl (C=O) groups is 1. The number of ether oxygens (including phenoxy) is 2. The molecule has 0 aliphatic heterocycles. The standard InChI is InChI=1S/C14H10ClNO5/c1-20-13-6-5-9(7-12(13)16(18)19)14(17)21-11-4-2-3-10(15)8-11/h2-8H,1H3. The van der Waals surface area contributed by atoms with Gasteiger partial charge in [0.15, 0.2) is 5.75 Å². The van der Waals surface area contributed by atoms with Crippen LogP contribution in [0.5, 0.6) is 11.5 Å². The van der Waals surface area contributed by atoms with Gasteiger partial charge in [0.05, 0.1) is 17.6 Å². The molecule has 6 nitrogen and oxygen atoms in total. The maximum atomic E-state index is 12.0. The number of hydrogen-bond acceptors (Lipinski definition) is 5. The highest BCUT2D eigenvalue weighted by Gasteiger charge is 2.19. The fourth-order valence-electron chi connectivity index (χ4n) is 1.66. The van der Waals surface area contributed by atoms with E-state index in [0.717, 1.165) is 6.07 Å². The van der Waals surface area contributed by atoms with Gasteiger partial charge in [-0.1, -0.05) is 17.7 Å². The monoisotopic (exact) mass is 307 g/mol. The molecule has 0 fully saturated rings. The number of carbonyl (C=O) groups excluding carboxylic acids is 1. The molecule has 0 atom stereocenters. The average molecular weight is 308 g/mol. The van der Waals surface area contributed by atoms with Crippen LogP contribution in [-0.2, 0) is 0 Å². The fourth-order valence-corrected chi connectivity index (χ4v) is 1.84. The van der Waals surface area contributed by atoms with Gasteiger partial charge in [-0.15, -0.1) is 0 Å². The smallest absolute Gasteiger partial charge is 0.343 e. The van der Waals surface area contributed by atoms with Crippen molar-refractivity contribution < 1.29 is 19.2 Å². The first-order valence-corrected chi connectivity index (χ1v) is 6.19. The molecule has 108 valence electrons. The van der Waals surface area contributed by atoms with Crippen molar-refractivity contribution >= 4 is 23.3 Å². The SMILES string of the molecule is COc1ccc(C(=O)Oc2cccc(Cl)c2)cc1[N+](=O)[O-]. The summed E-state index contributed by atoms with van der Waals surface area (Å²) in [7, 11) is 1.31. The van der Waals surface area contributed by atoms with E-state index in [2.05, 4.69) is 0 Å². The Kier molecular flexibility index (Phi) is 4.39. The van der Waals surface area contributed by atoms with Crippen molar-refractivity contribution in [2.45, 2.75) is 0 Å². The van der Waals surface area contributed by atoms with Crippen molar-refractivity contribution in [3.8, 4) is 11.5 Å². The molecule has 0 unspecified atom stereocenters. The van der Waals surface area contributed by atoms with Gasteiger partial charge >= 0.3 is 11.7 Å². The molecule has 0 bridgehead atoms. The van der Waals surface area contributed by atoms with Crippen molar-refractivity contribution in [3.05, 3.63) is 63.2 Å². The summed E-state index contributed by atoms with van der Waals surface area (Å²) in [5.41, 5.74) is -0.263. The largest absolute Gasteiger partial charge is 0.490 e. The zero-order chi connectivity index (χ0) is 15.4. The number of hydrogen-bond donors (Lipinski definition) is 0. The van der Waals surface area contributed by atoms with Crippen LogP contribution in [0, 0.1) is 10.1 Å². The van der Waals surface area contributed by atoms with Gasteiger partial charge in [-0.3, -0.25) is 10.1 Å². The molecule has 0 amide bonds. The minimum Gasteiger partial charge on any atom is -0.490 e. The number of nitrogens with zero attached hydrogens (tertiary/aromatic N) is 1. The highest BCUT2D eigenvalue weighted by Crippen LogP contribution is 2.28. The fraction of sp³-hybridized carbons (Fsp3) is 0.0714. The molecule has 0 aliphatic rings. The molecule has 21 heavy (non-hydrogen) atoms. The minimum atomic E-state index is -0.719. The van der Waals surface area contributed by atoms with Crippen molar-refractivity contribution in [1.29, 1.82) is 0 Å². The Labute approximate surface area is 125 Å². The lowest BCUT2D eigenvalue weighted by molar-refractivity contribution is -0.385. The number of nitro groups is 1. The lowest BCUT2D eigenvalue weighted by Crippen LogP contribution is -2.09. The number of esters is 1. The highest BCUT2D eigenvalue weighted by atomic mass is 35.5. The Morgan fingerprint density at radius 3 is 2.62 bits per heavy atom. The van der Waals surface area contributed by atoms with Crippen LogP contribution >= 0.6 is 11.6 Å². The predicted molar refractivity (Wildman–Crippen MR) is 76.1 cm³/mol.